The van der Waals surface area contributed by atoms with Crippen molar-refractivity contribution in [2.24, 2.45) is 0 Å². The van der Waals surface area contributed by atoms with Crippen LogP contribution in [0.25, 0.3) is 5.65 Å². The van der Waals surface area contributed by atoms with Gasteiger partial charge in [-0.3, -0.25) is 0 Å². The summed E-state index contributed by atoms with van der Waals surface area (Å²) in [5.74, 6) is 0.252. The first-order valence-corrected chi connectivity index (χ1v) is 8.98. The lowest BCUT2D eigenvalue weighted by molar-refractivity contribution is -0.228. The van der Waals surface area contributed by atoms with Gasteiger partial charge in [-0.15, -0.1) is 0 Å². The normalized spacial score (nSPS) is 24.2. The summed E-state index contributed by atoms with van der Waals surface area (Å²) < 4.78 is 52.2. The number of aryl methyl sites for hydroxylation is 1. The van der Waals surface area contributed by atoms with Gasteiger partial charge in [-0.05, 0) is 18.6 Å². The summed E-state index contributed by atoms with van der Waals surface area (Å²) in [6.45, 7) is 3.94. The molecule has 0 saturated heterocycles. The third-order valence-electron chi connectivity index (χ3n) is 5.00. The number of nitrogens with zero attached hydrogens (tertiary/aromatic N) is 2. The molecular formula is C21H19F3N2O3. The molecule has 0 aliphatic carbocycles. The van der Waals surface area contributed by atoms with Gasteiger partial charge in [-0.25, -0.2) is 4.98 Å². The molecule has 0 bridgehead atoms. The van der Waals surface area contributed by atoms with Crippen LogP contribution >= 0.6 is 0 Å². The van der Waals surface area contributed by atoms with Crippen molar-refractivity contribution in [3.63, 3.8) is 0 Å². The van der Waals surface area contributed by atoms with Crippen LogP contribution in [0.15, 0.2) is 61.4 Å². The van der Waals surface area contributed by atoms with Crippen LogP contribution in [0.5, 0.6) is 5.75 Å². The number of alkyl halides is 3. The van der Waals surface area contributed by atoms with Crippen LogP contribution in [-0.2, 0) is 10.3 Å². The van der Waals surface area contributed by atoms with Crippen molar-refractivity contribution in [3.8, 4) is 5.75 Å². The zero-order chi connectivity index (χ0) is 20.8. The van der Waals surface area contributed by atoms with E-state index in [1.807, 2.05) is 0 Å². The summed E-state index contributed by atoms with van der Waals surface area (Å²) in [6, 6.07) is 10.3. The summed E-state index contributed by atoms with van der Waals surface area (Å²) in [4.78, 5) is 4.43. The number of aliphatic hydroxyl groups excluding tert-OH is 1. The summed E-state index contributed by atoms with van der Waals surface area (Å²) in [5.41, 5.74) is 0.150. The first-order chi connectivity index (χ1) is 13.7. The van der Waals surface area contributed by atoms with Gasteiger partial charge in [0.2, 0.25) is 0 Å². The zero-order valence-electron chi connectivity index (χ0n) is 15.6. The molecule has 152 valence electrons. The molecule has 2 aromatic heterocycles. The highest BCUT2D eigenvalue weighted by atomic mass is 19.4. The maximum absolute atomic E-state index is 13.0. The zero-order valence-corrected chi connectivity index (χ0v) is 15.6. The van der Waals surface area contributed by atoms with Gasteiger partial charge in [-0.1, -0.05) is 43.0 Å². The highest BCUT2D eigenvalue weighted by molar-refractivity contribution is 5.63. The van der Waals surface area contributed by atoms with Crippen LogP contribution in [0.4, 0.5) is 13.2 Å². The van der Waals surface area contributed by atoms with Crippen LogP contribution in [0.2, 0.25) is 0 Å². The van der Waals surface area contributed by atoms with Crippen molar-refractivity contribution in [3.05, 3.63) is 78.3 Å². The number of aromatic nitrogens is 2. The molecule has 0 fully saturated rings. The molecule has 0 amide bonds. The number of pyridine rings is 1. The molecule has 3 heterocycles. The molecule has 3 aromatic rings. The van der Waals surface area contributed by atoms with Crippen molar-refractivity contribution >= 4 is 5.65 Å². The molecule has 1 aromatic carbocycles. The summed E-state index contributed by atoms with van der Waals surface area (Å²) in [5, 5.41) is 11.1. The van der Waals surface area contributed by atoms with Crippen molar-refractivity contribution in [1.82, 2.24) is 9.38 Å². The molecule has 0 spiro atoms. The van der Waals surface area contributed by atoms with E-state index in [1.165, 1.54) is 6.08 Å². The molecule has 0 radical (unpaired) electrons. The lowest BCUT2D eigenvalue weighted by Crippen LogP contribution is -2.50. The van der Waals surface area contributed by atoms with Gasteiger partial charge in [0.15, 0.2) is 17.5 Å². The molecule has 8 heteroatoms. The van der Waals surface area contributed by atoms with E-state index in [1.54, 1.807) is 60.1 Å². The van der Waals surface area contributed by atoms with E-state index < -0.39 is 30.6 Å². The van der Waals surface area contributed by atoms with E-state index in [0.717, 1.165) is 0 Å². The second-order valence-electron chi connectivity index (χ2n) is 6.97. The van der Waals surface area contributed by atoms with Gasteiger partial charge in [0.1, 0.15) is 18.3 Å². The maximum Gasteiger partial charge on any atom is 0.411 e. The molecule has 5 nitrogen and oxygen atoms in total. The van der Waals surface area contributed by atoms with Crippen LogP contribution in [0.3, 0.4) is 0 Å². The number of hydrogen-bond acceptors (Lipinski definition) is 4. The average molecular weight is 404 g/mol. The van der Waals surface area contributed by atoms with E-state index in [0.29, 0.717) is 16.9 Å². The lowest BCUT2D eigenvalue weighted by Gasteiger charge is -2.44. The van der Waals surface area contributed by atoms with Gasteiger partial charge in [0.05, 0.1) is 5.69 Å². The molecule has 2 unspecified atom stereocenters. The van der Waals surface area contributed by atoms with Crippen LogP contribution < -0.4 is 4.74 Å². The Balaban J connectivity index is 1.93. The number of rotatable bonds is 4. The summed E-state index contributed by atoms with van der Waals surface area (Å²) >= 11 is 0. The first kappa shape index (κ1) is 19.5. The Kier molecular flexibility index (Phi) is 4.63. The largest absolute Gasteiger partial charge is 0.479 e. The van der Waals surface area contributed by atoms with E-state index >= 15 is 0 Å². The number of aliphatic hydroxyl groups is 1. The fourth-order valence-electron chi connectivity index (χ4n) is 3.70. The summed E-state index contributed by atoms with van der Waals surface area (Å²) in [6.07, 6.45) is -2.40. The highest BCUT2D eigenvalue weighted by Gasteiger charge is 2.52. The minimum absolute atomic E-state index is 0.245. The minimum atomic E-state index is -4.58. The number of halogens is 3. The fraction of sp³-hybridized carbons (Fsp3) is 0.286. The number of ether oxygens (including phenoxy) is 2. The van der Waals surface area contributed by atoms with E-state index in [-0.39, 0.29) is 11.3 Å². The predicted molar refractivity (Wildman–Crippen MR) is 99.6 cm³/mol. The SMILES string of the molecule is C=CC1(OCC(F)(F)F)c2ccn3cc(C)nc3c2O[C@H](c2ccccc2)C1O. The fourth-order valence-corrected chi connectivity index (χ4v) is 3.70. The third-order valence-corrected chi connectivity index (χ3v) is 5.00. The first-order valence-electron chi connectivity index (χ1n) is 8.98. The predicted octanol–water partition coefficient (Wildman–Crippen LogP) is 4.10. The van der Waals surface area contributed by atoms with E-state index in [4.69, 9.17) is 9.47 Å². The van der Waals surface area contributed by atoms with Gasteiger partial charge in [0.25, 0.3) is 0 Å². The standard InChI is InChI=1S/C21H19F3N2O3/c1-3-20(28-12-21(22,23)24)15-9-10-26-11-13(2)25-19(26)17(15)29-16(18(20)27)14-7-5-4-6-8-14/h3-11,16,18,27H,1,12H2,2H3/t16-,18?,20?/m1/s1. The lowest BCUT2D eigenvalue weighted by atomic mass is 9.80. The Hall–Kier alpha value is -2.84. The molecule has 4 rings (SSSR count). The number of benzene rings is 1. The monoisotopic (exact) mass is 404 g/mol. The van der Waals surface area contributed by atoms with Gasteiger partial charge < -0.3 is 19.0 Å². The quantitative estimate of drug-likeness (QED) is 0.666. The molecule has 29 heavy (non-hydrogen) atoms. The number of fused-ring (bicyclic) bond motifs is 3. The van der Waals surface area contributed by atoms with Gasteiger partial charge >= 0.3 is 6.18 Å². The molecule has 1 N–H and O–H groups in total. The Morgan fingerprint density at radius 2 is 2.03 bits per heavy atom. The number of imidazole rings is 1. The van der Waals surface area contributed by atoms with Crippen molar-refractivity contribution < 1.29 is 27.8 Å². The van der Waals surface area contributed by atoms with Gasteiger partial charge in [0, 0.05) is 18.0 Å². The second kappa shape index (κ2) is 6.89. The number of hydrogen-bond donors (Lipinski definition) is 1. The van der Waals surface area contributed by atoms with E-state index in [2.05, 4.69) is 11.6 Å². The van der Waals surface area contributed by atoms with Gasteiger partial charge in [-0.2, -0.15) is 13.2 Å². The summed E-state index contributed by atoms with van der Waals surface area (Å²) in [7, 11) is 0. The average Bonchev–Trinajstić information content (AvgIpc) is 3.07. The molecule has 3 atom stereocenters. The third kappa shape index (κ3) is 3.28. The molecular weight excluding hydrogens is 385 g/mol. The Morgan fingerprint density at radius 1 is 1.31 bits per heavy atom. The minimum Gasteiger partial charge on any atom is -0.479 e. The molecule has 0 saturated carbocycles. The van der Waals surface area contributed by atoms with Crippen LogP contribution in [-0.4, -0.2) is 33.4 Å². The van der Waals surface area contributed by atoms with Crippen molar-refractivity contribution in [2.75, 3.05) is 6.61 Å². The Bertz CT molecular complexity index is 1050. The highest BCUT2D eigenvalue weighted by Crippen LogP contribution is 2.49. The van der Waals surface area contributed by atoms with Crippen molar-refractivity contribution in [1.29, 1.82) is 0 Å². The van der Waals surface area contributed by atoms with E-state index in [9.17, 15) is 18.3 Å². The second-order valence-corrected chi connectivity index (χ2v) is 6.97. The molecule has 1 aliphatic rings. The van der Waals surface area contributed by atoms with Crippen LogP contribution in [0, 0.1) is 6.92 Å². The Morgan fingerprint density at radius 3 is 2.69 bits per heavy atom. The molecule has 1 aliphatic heterocycles. The van der Waals surface area contributed by atoms with Crippen molar-refractivity contribution in [2.45, 2.75) is 30.9 Å². The topological polar surface area (TPSA) is 56.0 Å². The maximum atomic E-state index is 13.0. The smallest absolute Gasteiger partial charge is 0.411 e. The van der Waals surface area contributed by atoms with Crippen LogP contribution in [0.1, 0.15) is 22.9 Å². The Labute approximate surface area is 165 Å².